The van der Waals surface area contributed by atoms with Crippen LogP contribution in [0.15, 0.2) is 42.5 Å². The van der Waals surface area contributed by atoms with Gasteiger partial charge < -0.3 is 15.9 Å². The Kier molecular flexibility index (Phi) is 5.67. The fraction of sp³-hybridized carbons (Fsp3) is 0.200. The van der Waals surface area contributed by atoms with Crippen LogP contribution in [0.25, 0.3) is 0 Å². The van der Waals surface area contributed by atoms with Crippen molar-refractivity contribution in [3.05, 3.63) is 58.6 Å². The van der Waals surface area contributed by atoms with Gasteiger partial charge in [0, 0.05) is 21.8 Å². The molecule has 19 heavy (non-hydrogen) atoms. The van der Waals surface area contributed by atoms with Crippen LogP contribution in [0, 0.1) is 0 Å². The maximum Gasteiger partial charge on any atom is 0.121 e. The van der Waals surface area contributed by atoms with Crippen molar-refractivity contribution in [2.45, 2.75) is 20.0 Å². The Hall–Kier alpha value is -1.71. The molecule has 0 aromatic heterocycles. The van der Waals surface area contributed by atoms with E-state index in [1.54, 1.807) is 36.4 Å². The van der Waals surface area contributed by atoms with Crippen LogP contribution in [0.3, 0.4) is 0 Å². The minimum atomic E-state index is -0.991. The number of para-hydroxylation sites is 1. The van der Waals surface area contributed by atoms with Crippen LogP contribution < -0.4 is 5.73 Å². The minimum absolute atomic E-state index is 0.0272. The molecule has 4 heteroatoms. The van der Waals surface area contributed by atoms with E-state index in [9.17, 15) is 10.2 Å². The molecule has 0 saturated carbocycles. The fourth-order valence-electron chi connectivity index (χ4n) is 1.67. The Balaban J connectivity index is 0.000000861. The number of nitrogens with two attached hydrogens (primary N) is 1. The molecule has 0 saturated heterocycles. The molecule has 0 aliphatic heterocycles. The van der Waals surface area contributed by atoms with Crippen molar-refractivity contribution in [1.29, 1.82) is 0 Å². The molecule has 102 valence electrons. The predicted octanol–water partition coefficient (Wildman–Crippen LogP) is 3.74. The second-order valence-corrected chi connectivity index (χ2v) is 4.17. The molecule has 0 heterocycles. The van der Waals surface area contributed by atoms with Gasteiger partial charge in [-0.15, -0.1) is 0 Å². The zero-order valence-electron chi connectivity index (χ0n) is 11.0. The summed E-state index contributed by atoms with van der Waals surface area (Å²) >= 11 is 5.86. The van der Waals surface area contributed by atoms with Gasteiger partial charge in [-0.3, -0.25) is 0 Å². The summed E-state index contributed by atoms with van der Waals surface area (Å²) in [5, 5.41) is 20.3. The van der Waals surface area contributed by atoms with Gasteiger partial charge in [0.15, 0.2) is 0 Å². The first-order valence-corrected chi connectivity index (χ1v) is 6.48. The summed E-state index contributed by atoms with van der Waals surface area (Å²) in [5.74, 6) is 0.0272. The normalized spacial score (nSPS) is 11.4. The van der Waals surface area contributed by atoms with Crippen LogP contribution in [0.5, 0.6) is 5.75 Å². The molecule has 0 radical (unpaired) electrons. The largest absolute Gasteiger partial charge is 0.508 e. The lowest BCUT2D eigenvalue weighted by molar-refractivity contribution is 0.216. The second kappa shape index (κ2) is 7.02. The van der Waals surface area contributed by atoms with Gasteiger partial charge in [0.2, 0.25) is 0 Å². The summed E-state index contributed by atoms with van der Waals surface area (Å²) < 4.78 is 0. The number of hydrogen-bond donors (Lipinski definition) is 3. The lowest BCUT2D eigenvalue weighted by Crippen LogP contribution is -2.04. The number of phenols is 1. The van der Waals surface area contributed by atoms with Crippen LogP contribution in [0.1, 0.15) is 31.1 Å². The van der Waals surface area contributed by atoms with Crippen molar-refractivity contribution in [2.75, 3.05) is 5.73 Å². The highest BCUT2D eigenvalue weighted by atomic mass is 35.5. The molecule has 0 fully saturated rings. The lowest BCUT2D eigenvalue weighted by Gasteiger charge is -2.15. The summed E-state index contributed by atoms with van der Waals surface area (Å²) in [6.07, 6.45) is -0.991. The Morgan fingerprint density at radius 1 is 1.05 bits per heavy atom. The number of aliphatic hydroxyl groups excluding tert-OH is 1. The molecule has 1 unspecified atom stereocenters. The fourth-order valence-corrected chi connectivity index (χ4v) is 1.85. The zero-order valence-corrected chi connectivity index (χ0v) is 11.7. The first-order chi connectivity index (χ1) is 9.09. The number of hydrogen-bond acceptors (Lipinski definition) is 3. The highest BCUT2D eigenvalue weighted by molar-refractivity contribution is 6.30. The number of nitrogen functional groups attached to an aromatic ring is 1. The van der Waals surface area contributed by atoms with E-state index in [0.29, 0.717) is 21.8 Å². The Bertz CT molecular complexity index is 543. The maximum absolute atomic E-state index is 10.2. The van der Waals surface area contributed by atoms with Crippen LogP contribution in [0.4, 0.5) is 5.69 Å². The second-order valence-electron chi connectivity index (χ2n) is 3.73. The molecule has 0 amide bonds. The molecule has 1 atom stereocenters. The number of aliphatic hydroxyl groups is 1. The summed E-state index contributed by atoms with van der Waals surface area (Å²) in [4.78, 5) is 0. The highest BCUT2D eigenvalue weighted by Crippen LogP contribution is 2.33. The third-order valence-electron chi connectivity index (χ3n) is 2.57. The molecule has 3 nitrogen and oxygen atoms in total. The molecular weight excluding hydrogens is 262 g/mol. The van der Waals surface area contributed by atoms with Crippen molar-refractivity contribution >= 4 is 17.3 Å². The topological polar surface area (TPSA) is 66.5 Å². The van der Waals surface area contributed by atoms with Gasteiger partial charge in [-0.1, -0.05) is 43.6 Å². The van der Waals surface area contributed by atoms with E-state index in [1.807, 2.05) is 13.8 Å². The standard InChI is InChI=1S/C13H12ClNO2.C2H6/c14-8-5-6-11(15)10(7-8)13(17)9-3-1-2-4-12(9)16;1-2/h1-7,13,16-17H,15H2;1-2H3. The SMILES string of the molecule is CC.Nc1ccc(Cl)cc1C(O)c1ccccc1O. The van der Waals surface area contributed by atoms with Gasteiger partial charge in [-0.2, -0.15) is 0 Å². The molecule has 2 aromatic carbocycles. The number of halogens is 1. The number of phenolic OH excluding ortho intramolecular Hbond substituents is 1. The summed E-state index contributed by atoms with van der Waals surface area (Å²) in [7, 11) is 0. The summed E-state index contributed by atoms with van der Waals surface area (Å²) in [6.45, 7) is 4.00. The third-order valence-corrected chi connectivity index (χ3v) is 2.81. The molecule has 4 N–H and O–H groups in total. The molecular formula is C15H18ClNO2. The minimum Gasteiger partial charge on any atom is -0.508 e. The third kappa shape index (κ3) is 3.63. The van der Waals surface area contributed by atoms with Crippen LogP contribution in [-0.4, -0.2) is 10.2 Å². The summed E-state index contributed by atoms with van der Waals surface area (Å²) in [6, 6.07) is 11.4. The van der Waals surface area contributed by atoms with E-state index in [0.717, 1.165) is 0 Å². The smallest absolute Gasteiger partial charge is 0.121 e. The molecule has 0 spiro atoms. The number of benzene rings is 2. The Labute approximate surface area is 118 Å². The van der Waals surface area contributed by atoms with Gasteiger partial charge in [-0.05, 0) is 24.3 Å². The quantitative estimate of drug-likeness (QED) is 0.734. The van der Waals surface area contributed by atoms with Gasteiger partial charge in [-0.25, -0.2) is 0 Å². The van der Waals surface area contributed by atoms with Gasteiger partial charge >= 0.3 is 0 Å². The van der Waals surface area contributed by atoms with E-state index in [4.69, 9.17) is 17.3 Å². The molecule has 2 aromatic rings. The van der Waals surface area contributed by atoms with Gasteiger partial charge in [0.05, 0.1) is 0 Å². The predicted molar refractivity (Wildman–Crippen MR) is 79.4 cm³/mol. The van der Waals surface area contributed by atoms with E-state index in [2.05, 4.69) is 0 Å². The molecule has 0 aliphatic carbocycles. The van der Waals surface area contributed by atoms with Gasteiger partial charge in [0.1, 0.15) is 11.9 Å². The van der Waals surface area contributed by atoms with Crippen molar-refractivity contribution < 1.29 is 10.2 Å². The number of aromatic hydroxyl groups is 1. The lowest BCUT2D eigenvalue weighted by atomic mass is 9.99. The average molecular weight is 280 g/mol. The molecule has 0 aliphatic rings. The zero-order chi connectivity index (χ0) is 14.4. The monoisotopic (exact) mass is 279 g/mol. The van der Waals surface area contributed by atoms with Gasteiger partial charge in [0.25, 0.3) is 0 Å². The molecule has 2 rings (SSSR count). The van der Waals surface area contributed by atoms with E-state index in [1.165, 1.54) is 6.07 Å². The Morgan fingerprint density at radius 2 is 1.68 bits per heavy atom. The highest BCUT2D eigenvalue weighted by Gasteiger charge is 2.16. The number of anilines is 1. The maximum atomic E-state index is 10.2. The van der Waals surface area contributed by atoms with Crippen molar-refractivity contribution in [3.63, 3.8) is 0 Å². The number of rotatable bonds is 2. The van der Waals surface area contributed by atoms with Crippen LogP contribution in [0.2, 0.25) is 5.02 Å². The van der Waals surface area contributed by atoms with Crippen LogP contribution >= 0.6 is 11.6 Å². The van der Waals surface area contributed by atoms with Crippen molar-refractivity contribution in [3.8, 4) is 5.75 Å². The first kappa shape index (κ1) is 15.3. The first-order valence-electron chi connectivity index (χ1n) is 6.10. The van der Waals surface area contributed by atoms with E-state index < -0.39 is 6.10 Å². The summed E-state index contributed by atoms with van der Waals surface area (Å²) in [5.41, 5.74) is 7.10. The van der Waals surface area contributed by atoms with E-state index >= 15 is 0 Å². The Morgan fingerprint density at radius 3 is 2.32 bits per heavy atom. The molecule has 0 bridgehead atoms. The van der Waals surface area contributed by atoms with Crippen molar-refractivity contribution in [2.24, 2.45) is 0 Å². The van der Waals surface area contributed by atoms with E-state index in [-0.39, 0.29) is 5.75 Å². The van der Waals surface area contributed by atoms with Crippen molar-refractivity contribution in [1.82, 2.24) is 0 Å². The van der Waals surface area contributed by atoms with Crippen LogP contribution in [-0.2, 0) is 0 Å². The average Bonchev–Trinajstić information content (AvgIpc) is 2.43.